The average Bonchev–Trinajstić information content (AvgIpc) is 3.21. The SMILES string of the molecule is CN1C(=O)CNc2cc(F)c(OCCNC[C@@H]3CN(c4cnc5c(n4)NC(=O)CS5)C(=O)O3)nc21. The number of cyclic esters (lactones) is 1. The highest BCUT2D eigenvalue weighted by Crippen LogP contribution is 2.31. The molecule has 3 amide bonds. The molecule has 35 heavy (non-hydrogen) atoms. The maximum atomic E-state index is 14.3. The minimum atomic E-state index is -0.639. The predicted molar refractivity (Wildman–Crippen MR) is 123 cm³/mol. The molecule has 184 valence electrons. The number of fused-ring (bicyclic) bond motifs is 2. The molecule has 3 N–H and O–H groups in total. The number of pyridine rings is 1. The Morgan fingerprint density at radius 3 is 3.06 bits per heavy atom. The third-order valence-electron chi connectivity index (χ3n) is 5.41. The van der Waals surface area contributed by atoms with E-state index in [-0.39, 0.29) is 49.0 Å². The summed E-state index contributed by atoms with van der Waals surface area (Å²) >= 11 is 1.28. The second kappa shape index (κ2) is 9.50. The Balaban J connectivity index is 1.11. The van der Waals surface area contributed by atoms with Gasteiger partial charge in [-0.15, -0.1) is 0 Å². The molecule has 5 rings (SSSR count). The summed E-state index contributed by atoms with van der Waals surface area (Å²) in [6, 6.07) is 1.24. The first-order valence-electron chi connectivity index (χ1n) is 10.7. The molecule has 2 aromatic heterocycles. The van der Waals surface area contributed by atoms with Gasteiger partial charge >= 0.3 is 6.09 Å². The topological polar surface area (TPSA) is 151 Å². The number of amides is 3. The highest BCUT2D eigenvalue weighted by Gasteiger charge is 2.34. The van der Waals surface area contributed by atoms with E-state index < -0.39 is 18.0 Å². The number of carbonyl (C=O) groups excluding carboxylic acids is 3. The Labute approximate surface area is 202 Å². The molecule has 0 aliphatic carbocycles. The van der Waals surface area contributed by atoms with E-state index in [0.29, 0.717) is 35.4 Å². The van der Waals surface area contributed by atoms with Gasteiger partial charge < -0.3 is 25.4 Å². The van der Waals surface area contributed by atoms with E-state index in [1.54, 1.807) is 7.05 Å². The minimum Gasteiger partial charge on any atom is -0.474 e. The second-order valence-corrected chi connectivity index (χ2v) is 8.80. The Morgan fingerprint density at radius 1 is 1.34 bits per heavy atom. The number of aromatic nitrogens is 3. The lowest BCUT2D eigenvalue weighted by atomic mass is 10.3. The van der Waals surface area contributed by atoms with Gasteiger partial charge in [0, 0.05) is 26.2 Å². The summed E-state index contributed by atoms with van der Waals surface area (Å²) in [5.74, 6) is -0.0261. The van der Waals surface area contributed by atoms with E-state index in [1.807, 2.05) is 0 Å². The first-order chi connectivity index (χ1) is 16.9. The van der Waals surface area contributed by atoms with Crippen molar-refractivity contribution in [2.45, 2.75) is 11.1 Å². The smallest absolute Gasteiger partial charge is 0.416 e. The van der Waals surface area contributed by atoms with Crippen molar-refractivity contribution in [2.24, 2.45) is 0 Å². The number of hydrogen-bond donors (Lipinski definition) is 3. The Bertz CT molecular complexity index is 1200. The van der Waals surface area contributed by atoms with Gasteiger partial charge in [0.15, 0.2) is 23.3 Å². The Hall–Kier alpha value is -3.72. The normalized spacial score (nSPS) is 19.0. The van der Waals surface area contributed by atoms with Crippen LogP contribution in [-0.4, -0.2) is 84.5 Å². The highest BCUT2D eigenvalue weighted by atomic mass is 32.2. The number of nitrogens with zero attached hydrogens (tertiary/aromatic N) is 5. The molecule has 1 atom stereocenters. The molecule has 1 saturated heterocycles. The molecular weight excluding hydrogens is 483 g/mol. The van der Waals surface area contributed by atoms with Crippen LogP contribution in [0, 0.1) is 5.82 Å². The van der Waals surface area contributed by atoms with Gasteiger partial charge in [-0.1, -0.05) is 11.8 Å². The number of likely N-dealkylation sites (N-methyl/N-ethyl adjacent to an activating group) is 1. The van der Waals surface area contributed by atoms with Crippen molar-refractivity contribution < 1.29 is 28.2 Å². The zero-order valence-electron chi connectivity index (χ0n) is 18.5. The second-order valence-electron chi connectivity index (χ2n) is 7.84. The lowest BCUT2D eigenvalue weighted by Crippen LogP contribution is -2.37. The molecule has 13 nitrogen and oxygen atoms in total. The van der Waals surface area contributed by atoms with Crippen LogP contribution >= 0.6 is 11.8 Å². The van der Waals surface area contributed by atoms with Crippen LogP contribution in [-0.2, 0) is 14.3 Å². The molecule has 0 radical (unpaired) electrons. The quantitative estimate of drug-likeness (QED) is 0.451. The number of halogens is 1. The third kappa shape index (κ3) is 4.77. The zero-order valence-corrected chi connectivity index (χ0v) is 19.4. The van der Waals surface area contributed by atoms with Crippen molar-refractivity contribution in [2.75, 3.05) is 66.0 Å². The summed E-state index contributed by atoms with van der Waals surface area (Å²) < 4.78 is 25.1. The summed E-state index contributed by atoms with van der Waals surface area (Å²) in [6.45, 7) is 1.09. The Morgan fingerprint density at radius 2 is 2.20 bits per heavy atom. The number of hydrogen-bond acceptors (Lipinski definition) is 11. The molecule has 0 spiro atoms. The molecule has 3 aliphatic rings. The van der Waals surface area contributed by atoms with Gasteiger partial charge in [-0.3, -0.25) is 19.4 Å². The fourth-order valence-electron chi connectivity index (χ4n) is 3.64. The first-order valence-corrected chi connectivity index (χ1v) is 11.7. The number of nitrogens with one attached hydrogen (secondary N) is 3. The van der Waals surface area contributed by atoms with Crippen molar-refractivity contribution in [1.82, 2.24) is 20.3 Å². The van der Waals surface area contributed by atoms with Gasteiger partial charge in [0.2, 0.25) is 11.8 Å². The van der Waals surface area contributed by atoms with Crippen molar-refractivity contribution in [1.29, 1.82) is 0 Å². The van der Waals surface area contributed by atoms with Crippen molar-refractivity contribution in [3.05, 3.63) is 18.1 Å². The van der Waals surface area contributed by atoms with Crippen LogP contribution in [0.3, 0.4) is 0 Å². The molecular formula is C20H21FN8O5S. The van der Waals surface area contributed by atoms with Gasteiger partial charge in [0.05, 0.1) is 30.7 Å². The maximum Gasteiger partial charge on any atom is 0.416 e. The molecule has 5 heterocycles. The van der Waals surface area contributed by atoms with E-state index in [0.717, 1.165) is 0 Å². The molecule has 0 saturated carbocycles. The highest BCUT2D eigenvalue weighted by molar-refractivity contribution is 8.00. The summed E-state index contributed by atoms with van der Waals surface area (Å²) in [5, 5.41) is 9.15. The number of thioether (sulfide) groups is 1. The molecule has 2 aromatic rings. The molecule has 0 unspecified atom stereocenters. The van der Waals surface area contributed by atoms with Gasteiger partial charge in [-0.25, -0.2) is 19.2 Å². The van der Waals surface area contributed by atoms with E-state index in [9.17, 15) is 18.8 Å². The van der Waals surface area contributed by atoms with Crippen molar-refractivity contribution in [3.8, 4) is 5.88 Å². The third-order valence-corrected chi connectivity index (χ3v) is 6.39. The van der Waals surface area contributed by atoms with Crippen LogP contribution in [0.1, 0.15) is 0 Å². The van der Waals surface area contributed by atoms with Crippen LogP contribution < -0.4 is 30.5 Å². The largest absolute Gasteiger partial charge is 0.474 e. The van der Waals surface area contributed by atoms with E-state index in [4.69, 9.17) is 9.47 Å². The van der Waals surface area contributed by atoms with Crippen LogP contribution in [0.2, 0.25) is 0 Å². The van der Waals surface area contributed by atoms with E-state index in [1.165, 1.54) is 33.8 Å². The standard InChI is InChI=1S/C20H21FN8O5S/c1-28-15(31)7-23-12-4-11(21)18(27-17(12)28)33-3-2-22-5-10-8-29(20(32)34-10)13-6-24-19-16(25-13)26-14(30)9-35-19/h4,6,10,22-23H,2-3,5,7-9H2,1H3,(H,25,26,30)/t10-/m1/s1. The number of anilines is 4. The summed E-state index contributed by atoms with van der Waals surface area (Å²) in [6.07, 6.45) is 0.452. The van der Waals surface area contributed by atoms with Crippen molar-refractivity contribution >= 4 is 52.8 Å². The molecule has 3 aliphatic heterocycles. The molecule has 0 bridgehead atoms. The average molecular weight is 505 g/mol. The summed E-state index contributed by atoms with van der Waals surface area (Å²) in [5.41, 5.74) is 0.424. The van der Waals surface area contributed by atoms with E-state index >= 15 is 0 Å². The predicted octanol–water partition coefficient (Wildman–Crippen LogP) is 0.437. The monoisotopic (exact) mass is 504 g/mol. The fraction of sp³-hybridized carbons (Fsp3) is 0.400. The first kappa shape index (κ1) is 23.0. The van der Waals surface area contributed by atoms with Gasteiger partial charge in [-0.2, -0.15) is 4.98 Å². The number of rotatable bonds is 7. The molecule has 1 fully saturated rings. The van der Waals surface area contributed by atoms with Crippen LogP contribution in [0.15, 0.2) is 17.3 Å². The van der Waals surface area contributed by atoms with E-state index in [2.05, 4.69) is 30.9 Å². The number of carbonyl (C=O) groups is 3. The fourth-order valence-corrected chi connectivity index (χ4v) is 4.34. The summed E-state index contributed by atoms with van der Waals surface area (Å²) in [7, 11) is 1.56. The minimum absolute atomic E-state index is 0.0760. The van der Waals surface area contributed by atoms with Gasteiger partial charge in [0.25, 0.3) is 5.88 Å². The maximum absolute atomic E-state index is 14.3. The lowest BCUT2D eigenvalue weighted by molar-refractivity contribution is -0.117. The van der Waals surface area contributed by atoms with Gasteiger partial charge in [-0.05, 0) is 0 Å². The Kier molecular flexibility index (Phi) is 6.25. The summed E-state index contributed by atoms with van der Waals surface area (Å²) in [4.78, 5) is 51.1. The van der Waals surface area contributed by atoms with Crippen LogP contribution in [0.4, 0.5) is 32.3 Å². The van der Waals surface area contributed by atoms with Crippen LogP contribution in [0.25, 0.3) is 0 Å². The van der Waals surface area contributed by atoms with Gasteiger partial charge in [0.1, 0.15) is 17.7 Å². The van der Waals surface area contributed by atoms with Crippen LogP contribution in [0.5, 0.6) is 5.88 Å². The van der Waals surface area contributed by atoms with Crippen molar-refractivity contribution in [3.63, 3.8) is 0 Å². The lowest BCUT2D eigenvalue weighted by Gasteiger charge is -2.26. The molecule has 15 heteroatoms. The zero-order chi connectivity index (χ0) is 24.5. The number of ether oxygens (including phenoxy) is 2. The molecule has 0 aromatic carbocycles.